The summed E-state index contributed by atoms with van der Waals surface area (Å²) in [5.74, 6) is -0.0163. The normalized spacial score (nSPS) is 19.0. The van der Waals surface area contributed by atoms with Crippen LogP contribution in [0.3, 0.4) is 0 Å². The zero-order chi connectivity index (χ0) is 16.7. The van der Waals surface area contributed by atoms with Crippen molar-refractivity contribution in [1.29, 1.82) is 0 Å². The van der Waals surface area contributed by atoms with Crippen LogP contribution in [0.1, 0.15) is 6.42 Å². The van der Waals surface area contributed by atoms with Crippen LogP contribution in [0, 0.1) is 5.92 Å². The van der Waals surface area contributed by atoms with E-state index in [9.17, 15) is 13.2 Å². The van der Waals surface area contributed by atoms with E-state index in [1.807, 2.05) is 30.3 Å². The van der Waals surface area contributed by atoms with Gasteiger partial charge in [-0.1, -0.05) is 18.2 Å². The Hall–Kier alpha value is -1.32. The van der Waals surface area contributed by atoms with Crippen LogP contribution in [0.5, 0.6) is 0 Å². The third-order valence-electron chi connectivity index (χ3n) is 3.30. The van der Waals surface area contributed by atoms with Crippen molar-refractivity contribution in [2.75, 3.05) is 23.8 Å². The molecule has 0 aromatic heterocycles. The first-order valence-corrected chi connectivity index (χ1v) is 10.4. The van der Waals surface area contributed by atoms with Crippen molar-refractivity contribution in [1.82, 2.24) is 16.2 Å². The first-order chi connectivity index (χ1) is 11.0. The molecule has 1 aromatic rings. The summed E-state index contributed by atoms with van der Waals surface area (Å²) < 4.78 is 22.7. The monoisotopic (exact) mass is 373 g/mol. The second-order valence-electron chi connectivity index (χ2n) is 5.13. The van der Waals surface area contributed by atoms with E-state index in [0.29, 0.717) is 18.1 Å². The van der Waals surface area contributed by atoms with Crippen LogP contribution in [-0.2, 0) is 14.6 Å². The number of rotatable bonds is 5. The van der Waals surface area contributed by atoms with Crippen LogP contribution in [0.2, 0.25) is 0 Å². The Morgan fingerprint density at radius 1 is 1.26 bits per heavy atom. The minimum Gasteiger partial charge on any atom is -0.361 e. The van der Waals surface area contributed by atoms with Crippen molar-refractivity contribution >= 4 is 44.8 Å². The number of thioether (sulfide) groups is 1. The molecule has 0 unspecified atom stereocenters. The minimum atomic E-state index is -3.06. The van der Waals surface area contributed by atoms with Gasteiger partial charge in [0.25, 0.3) is 0 Å². The van der Waals surface area contributed by atoms with Crippen LogP contribution >= 0.6 is 24.0 Å². The molecule has 1 amide bonds. The number of nitrogens with one attached hydrogen (secondary N) is 3. The lowest BCUT2D eigenvalue weighted by atomic mass is 10.1. The van der Waals surface area contributed by atoms with Crippen molar-refractivity contribution in [3.63, 3.8) is 0 Å². The maximum absolute atomic E-state index is 11.8. The number of hydrazine groups is 1. The average Bonchev–Trinajstić information content (AvgIpc) is 2.90. The summed E-state index contributed by atoms with van der Waals surface area (Å²) in [6.45, 7) is 0.652. The Bertz CT molecular complexity index is 650. The second kappa shape index (κ2) is 8.51. The molecule has 3 N–H and O–H groups in total. The first kappa shape index (κ1) is 18.0. The van der Waals surface area contributed by atoms with Gasteiger partial charge in [0, 0.05) is 17.2 Å². The predicted molar refractivity (Wildman–Crippen MR) is 95.8 cm³/mol. The van der Waals surface area contributed by atoms with Gasteiger partial charge >= 0.3 is 0 Å². The Morgan fingerprint density at radius 3 is 2.65 bits per heavy atom. The first-order valence-electron chi connectivity index (χ1n) is 7.18. The number of thiocarbonyl (C=S) groups is 1. The fraction of sp³-hybridized carbons (Fsp3) is 0.429. The van der Waals surface area contributed by atoms with Gasteiger partial charge in [0.2, 0.25) is 5.91 Å². The van der Waals surface area contributed by atoms with Crippen LogP contribution in [0.15, 0.2) is 35.2 Å². The van der Waals surface area contributed by atoms with Gasteiger partial charge in [0.1, 0.15) is 0 Å². The molecule has 1 saturated heterocycles. The van der Waals surface area contributed by atoms with Gasteiger partial charge in [-0.3, -0.25) is 15.6 Å². The van der Waals surface area contributed by atoms with E-state index in [2.05, 4.69) is 16.2 Å². The van der Waals surface area contributed by atoms with Crippen molar-refractivity contribution in [3.05, 3.63) is 30.3 Å². The number of benzene rings is 1. The topological polar surface area (TPSA) is 87.3 Å². The highest BCUT2D eigenvalue weighted by molar-refractivity contribution is 7.99. The van der Waals surface area contributed by atoms with Crippen LogP contribution in [0.25, 0.3) is 0 Å². The highest BCUT2D eigenvalue weighted by Gasteiger charge is 2.32. The molecule has 6 nitrogen and oxygen atoms in total. The fourth-order valence-corrected chi connectivity index (χ4v) is 4.80. The zero-order valence-corrected chi connectivity index (χ0v) is 14.9. The van der Waals surface area contributed by atoms with Crippen LogP contribution in [-0.4, -0.2) is 43.2 Å². The van der Waals surface area contributed by atoms with Crippen molar-refractivity contribution < 1.29 is 13.2 Å². The van der Waals surface area contributed by atoms with Crippen molar-refractivity contribution in [2.45, 2.75) is 11.3 Å². The Labute approximate surface area is 145 Å². The highest BCUT2D eigenvalue weighted by atomic mass is 32.2. The molecule has 1 aliphatic rings. The van der Waals surface area contributed by atoms with Gasteiger partial charge in [-0.2, -0.15) is 0 Å². The largest absolute Gasteiger partial charge is 0.361 e. The number of hydrogen-bond acceptors (Lipinski definition) is 5. The maximum atomic E-state index is 11.8. The van der Waals surface area contributed by atoms with E-state index in [1.54, 1.807) is 11.8 Å². The van der Waals surface area contributed by atoms with E-state index in [0.717, 1.165) is 5.75 Å². The minimum absolute atomic E-state index is 0.0739. The molecule has 0 aliphatic carbocycles. The SMILES string of the molecule is O=C(NNC(=S)NCCSc1ccccc1)[C@H]1CCS(=O)(=O)C1. The smallest absolute Gasteiger partial charge is 0.242 e. The van der Waals surface area contributed by atoms with Crippen LogP contribution in [0.4, 0.5) is 0 Å². The van der Waals surface area contributed by atoms with E-state index in [4.69, 9.17) is 12.2 Å². The number of amides is 1. The van der Waals surface area contributed by atoms with Gasteiger partial charge in [-0.05, 0) is 30.8 Å². The van der Waals surface area contributed by atoms with Gasteiger partial charge in [0.05, 0.1) is 17.4 Å². The zero-order valence-electron chi connectivity index (χ0n) is 12.4. The van der Waals surface area contributed by atoms with Crippen molar-refractivity contribution in [2.24, 2.45) is 5.92 Å². The molecule has 0 spiro atoms. The lowest BCUT2D eigenvalue weighted by Crippen LogP contribution is -2.49. The van der Waals surface area contributed by atoms with Gasteiger partial charge < -0.3 is 5.32 Å². The molecule has 1 aromatic carbocycles. The third kappa shape index (κ3) is 6.36. The molecule has 126 valence electrons. The Morgan fingerprint density at radius 2 is 2.00 bits per heavy atom. The maximum Gasteiger partial charge on any atom is 0.242 e. The van der Waals surface area contributed by atoms with Crippen LogP contribution < -0.4 is 16.2 Å². The second-order valence-corrected chi connectivity index (χ2v) is 8.94. The lowest BCUT2D eigenvalue weighted by molar-refractivity contribution is -0.124. The van der Waals surface area contributed by atoms with E-state index >= 15 is 0 Å². The molecule has 1 aliphatic heterocycles. The van der Waals surface area contributed by atoms with E-state index in [-0.39, 0.29) is 17.4 Å². The van der Waals surface area contributed by atoms with Gasteiger partial charge in [-0.15, -0.1) is 11.8 Å². The Balaban J connectivity index is 1.59. The molecule has 1 fully saturated rings. The number of hydrogen-bond donors (Lipinski definition) is 3. The summed E-state index contributed by atoms with van der Waals surface area (Å²) in [4.78, 5) is 13.0. The highest BCUT2D eigenvalue weighted by Crippen LogP contribution is 2.18. The van der Waals surface area contributed by atoms with Gasteiger partial charge in [-0.25, -0.2) is 8.42 Å². The quantitative estimate of drug-likeness (QED) is 0.303. The standard InChI is InChI=1S/C14H19N3O3S3/c18-13(11-6-9-23(19,20)10-11)16-17-14(21)15-7-8-22-12-4-2-1-3-5-12/h1-5,11H,6-10H2,(H,16,18)(H2,15,17,21)/t11-/m0/s1. The third-order valence-corrected chi connectivity index (χ3v) is 6.33. The van der Waals surface area contributed by atoms with Crippen molar-refractivity contribution in [3.8, 4) is 0 Å². The molecule has 2 rings (SSSR count). The fourth-order valence-electron chi connectivity index (χ4n) is 2.12. The molecule has 0 saturated carbocycles. The lowest BCUT2D eigenvalue weighted by Gasteiger charge is -2.13. The van der Waals surface area contributed by atoms with E-state index < -0.39 is 15.8 Å². The molecule has 23 heavy (non-hydrogen) atoms. The Kier molecular flexibility index (Phi) is 6.67. The summed E-state index contributed by atoms with van der Waals surface area (Å²) >= 11 is 6.76. The number of carbonyl (C=O) groups excluding carboxylic acids is 1. The van der Waals surface area contributed by atoms with E-state index in [1.165, 1.54) is 4.90 Å². The molecule has 1 heterocycles. The molecule has 0 radical (unpaired) electrons. The summed E-state index contributed by atoms with van der Waals surface area (Å²) in [5, 5.41) is 3.29. The summed E-state index contributed by atoms with van der Waals surface area (Å²) in [6, 6.07) is 10.0. The summed E-state index contributed by atoms with van der Waals surface area (Å²) in [6.07, 6.45) is 0.365. The molecule has 0 bridgehead atoms. The molecule has 1 atom stereocenters. The number of carbonyl (C=O) groups is 1. The average molecular weight is 374 g/mol. The predicted octanol–water partition coefficient (Wildman–Crippen LogP) is 0.709. The number of sulfone groups is 1. The molecule has 9 heteroatoms. The molecular weight excluding hydrogens is 354 g/mol. The molecular formula is C14H19N3O3S3. The summed E-state index contributed by atoms with van der Waals surface area (Å²) in [5.41, 5.74) is 5.06. The summed E-state index contributed by atoms with van der Waals surface area (Å²) in [7, 11) is -3.06. The van der Waals surface area contributed by atoms with Gasteiger partial charge in [0.15, 0.2) is 14.9 Å².